The number of aliphatic imine (C=N–C) groups is 1. The van der Waals surface area contributed by atoms with E-state index in [1.807, 2.05) is 43.3 Å². The molecule has 0 aliphatic rings. The Morgan fingerprint density at radius 2 is 1.88 bits per heavy atom. The lowest BCUT2D eigenvalue weighted by Gasteiger charge is -2.12. The van der Waals surface area contributed by atoms with Crippen LogP contribution in [0, 0.1) is 5.82 Å². The van der Waals surface area contributed by atoms with Gasteiger partial charge in [0, 0.05) is 6.54 Å². The van der Waals surface area contributed by atoms with Gasteiger partial charge in [0.2, 0.25) is 0 Å². The Morgan fingerprint density at radius 1 is 1.08 bits per heavy atom. The average molecular weight is 443 g/mol. The highest BCUT2D eigenvalue weighted by Crippen LogP contribution is 2.07. The van der Waals surface area contributed by atoms with Crippen molar-refractivity contribution in [1.82, 2.24) is 10.6 Å². The number of halogens is 2. The van der Waals surface area contributed by atoms with Gasteiger partial charge in [-0.3, -0.25) is 0 Å². The summed E-state index contributed by atoms with van der Waals surface area (Å²) in [6.07, 6.45) is 0. The first-order valence-electron chi connectivity index (χ1n) is 7.72. The Hall–Kier alpha value is -1.83. The van der Waals surface area contributed by atoms with Crippen molar-refractivity contribution in [3.8, 4) is 5.75 Å². The van der Waals surface area contributed by atoms with E-state index in [1.165, 1.54) is 12.1 Å². The van der Waals surface area contributed by atoms with Gasteiger partial charge in [-0.05, 0) is 36.8 Å². The molecule has 0 fully saturated rings. The molecule has 24 heavy (non-hydrogen) atoms. The Labute approximate surface area is 159 Å². The van der Waals surface area contributed by atoms with Crippen molar-refractivity contribution in [2.45, 2.75) is 13.5 Å². The molecule has 0 amide bonds. The lowest BCUT2D eigenvalue weighted by molar-refractivity contribution is 0.322. The van der Waals surface area contributed by atoms with Crippen LogP contribution in [0.4, 0.5) is 4.39 Å². The molecule has 4 nitrogen and oxygen atoms in total. The number of hydrogen-bond acceptors (Lipinski definition) is 2. The number of nitrogens with zero attached hydrogens (tertiary/aromatic N) is 1. The molecule has 0 aliphatic heterocycles. The SMILES string of the molecule is CCNC(=NCc1cccc(F)c1)NCCOc1ccccc1.I. The van der Waals surface area contributed by atoms with Crippen molar-refractivity contribution < 1.29 is 9.13 Å². The number of hydrogen-bond donors (Lipinski definition) is 2. The number of guanidine groups is 1. The summed E-state index contributed by atoms with van der Waals surface area (Å²) in [5, 5.41) is 6.35. The molecule has 0 saturated heterocycles. The van der Waals surface area contributed by atoms with Crippen molar-refractivity contribution >= 4 is 29.9 Å². The fourth-order valence-corrected chi connectivity index (χ4v) is 2.00. The number of rotatable bonds is 7. The zero-order valence-corrected chi connectivity index (χ0v) is 16.0. The number of para-hydroxylation sites is 1. The molecule has 0 heterocycles. The maximum atomic E-state index is 13.2. The highest BCUT2D eigenvalue weighted by Gasteiger charge is 1.99. The van der Waals surface area contributed by atoms with Gasteiger partial charge in [0.25, 0.3) is 0 Å². The summed E-state index contributed by atoms with van der Waals surface area (Å²) in [7, 11) is 0. The second-order valence-corrected chi connectivity index (χ2v) is 4.91. The first-order valence-corrected chi connectivity index (χ1v) is 7.72. The molecule has 2 aromatic carbocycles. The van der Waals surface area contributed by atoms with Crippen LogP contribution in [0.25, 0.3) is 0 Å². The van der Waals surface area contributed by atoms with Gasteiger partial charge in [0.15, 0.2) is 5.96 Å². The van der Waals surface area contributed by atoms with E-state index in [9.17, 15) is 4.39 Å². The summed E-state index contributed by atoms with van der Waals surface area (Å²) in [4.78, 5) is 4.44. The average Bonchev–Trinajstić information content (AvgIpc) is 2.57. The van der Waals surface area contributed by atoms with Crippen molar-refractivity contribution in [3.63, 3.8) is 0 Å². The van der Waals surface area contributed by atoms with Crippen LogP contribution in [-0.2, 0) is 6.54 Å². The summed E-state index contributed by atoms with van der Waals surface area (Å²) in [6.45, 7) is 4.35. The molecular weight excluding hydrogens is 420 g/mol. The van der Waals surface area contributed by atoms with Crippen LogP contribution in [0.5, 0.6) is 5.75 Å². The van der Waals surface area contributed by atoms with Gasteiger partial charge >= 0.3 is 0 Å². The summed E-state index contributed by atoms with van der Waals surface area (Å²) in [6, 6.07) is 16.1. The van der Waals surface area contributed by atoms with Crippen LogP contribution >= 0.6 is 24.0 Å². The van der Waals surface area contributed by atoms with Gasteiger partial charge in [-0.1, -0.05) is 30.3 Å². The van der Waals surface area contributed by atoms with E-state index in [1.54, 1.807) is 6.07 Å². The second kappa shape index (κ2) is 11.7. The highest BCUT2D eigenvalue weighted by atomic mass is 127. The third-order valence-electron chi connectivity index (χ3n) is 3.06. The molecule has 0 aromatic heterocycles. The molecular formula is C18H23FIN3O. The van der Waals surface area contributed by atoms with Crippen LogP contribution in [0.2, 0.25) is 0 Å². The predicted octanol–water partition coefficient (Wildman–Crippen LogP) is 3.58. The van der Waals surface area contributed by atoms with Gasteiger partial charge in [-0.2, -0.15) is 0 Å². The Kier molecular flexibility index (Phi) is 9.83. The van der Waals surface area contributed by atoms with Gasteiger partial charge in [-0.15, -0.1) is 24.0 Å². The maximum Gasteiger partial charge on any atom is 0.191 e. The first-order chi connectivity index (χ1) is 11.3. The maximum absolute atomic E-state index is 13.2. The number of ether oxygens (including phenoxy) is 1. The Morgan fingerprint density at radius 3 is 2.58 bits per heavy atom. The smallest absolute Gasteiger partial charge is 0.191 e. The van der Waals surface area contributed by atoms with Crippen LogP contribution < -0.4 is 15.4 Å². The van der Waals surface area contributed by atoms with E-state index in [0.717, 1.165) is 17.9 Å². The summed E-state index contributed by atoms with van der Waals surface area (Å²) in [5.74, 6) is 1.29. The molecule has 0 spiro atoms. The monoisotopic (exact) mass is 443 g/mol. The van der Waals surface area contributed by atoms with Crippen LogP contribution in [0.1, 0.15) is 12.5 Å². The minimum Gasteiger partial charge on any atom is -0.492 e. The number of nitrogens with one attached hydrogen (secondary N) is 2. The molecule has 0 radical (unpaired) electrons. The van der Waals surface area contributed by atoms with Crippen molar-refractivity contribution in [3.05, 3.63) is 66.0 Å². The third-order valence-corrected chi connectivity index (χ3v) is 3.06. The van der Waals surface area contributed by atoms with E-state index in [2.05, 4.69) is 15.6 Å². The normalized spacial score (nSPS) is 10.7. The van der Waals surface area contributed by atoms with Crippen LogP contribution in [-0.4, -0.2) is 25.7 Å². The van der Waals surface area contributed by atoms with Crippen LogP contribution in [0.15, 0.2) is 59.6 Å². The minimum atomic E-state index is -0.244. The molecule has 0 atom stereocenters. The predicted molar refractivity (Wildman–Crippen MR) is 107 cm³/mol. The van der Waals surface area contributed by atoms with Gasteiger partial charge in [0.05, 0.1) is 13.1 Å². The van der Waals surface area contributed by atoms with E-state index in [0.29, 0.717) is 25.7 Å². The molecule has 0 bridgehead atoms. The summed E-state index contributed by atoms with van der Waals surface area (Å²) in [5.41, 5.74) is 0.836. The number of benzene rings is 2. The molecule has 2 rings (SSSR count). The molecule has 2 N–H and O–H groups in total. The Bertz CT molecular complexity index is 623. The molecule has 130 valence electrons. The zero-order chi connectivity index (χ0) is 16.3. The van der Waals surface area contributed by atoms with Gasteiger partial charge in [0.1, 0.15) is 18.2 Å². The molecule has 2 aromatic rings. The lowest BCUT2D eigenvalue weighted by Crippen LogP contribution is -2.39. The van der Waals surface area contributed by atoms with Crippen LogP contribution in [0.3, 0.4) is 0 Å². The second-order valence-electron chi connectivity index (χ2n) is 4.91. The topological polar surface area (TPSA) is 45.7 Å². The van der Waals surface area contributed by atoms with Crippen molar-refractivity contribution in [2.24, 2.45) is 4.99 Å². The van der Waals surface area contributed by atoms with E-state index >= 15 is 0 Å². The Balaban J connectivity index is 0.00000288. The minimum absolute atomic E-state index is 0. The fraction of sp³-hybridized carbons (Fsp3) is 0.278. The summed E-state index contributed by atoms with van der Waals surface area (Å²) < 4.78 is 18.8. The largest absolute Gasteiger partial charge is 0.492 e. The fourth-order valence-electron chi connectivity index (χ4n) is 2.00. The summed E-state index contributed by atoms with van der Waals surface area (Å²) >= 11 is 0. The van der Waals surface area contributed by atoms with E-state index < -0.39 is 0 Å². The van der Waals surface area contributed by atoms with E-state index in [-0.39, 0.29) is 29.8 Å². The van der Waals surface area contributed by atoms with E-state index in [4.69, 9.17) is 4.74 Å². The molecule has 0 saturated carbocycles. The van der Waals surface area contributed by atoms with Gasteiger partial charge < -0.3 is 15.4 Å². The van der Waals surface area contributed by atoms with Gasteiger partial charge in [-0.25, -0.2) is 9.38 Å². The lowest BCUT2D eigenvalue weighted by atomic mass is 10.2. The first kappa shape index (κ1) is 20.2. The quantitative estimate of drug-likeness (QED) is 0.298. The molecule has 6 heteroatoms. The standard InChI is InChI=1S/C18H22FN3O.HI/c1-2-20-18(22-14-15-7-6-8-16(19)13-15)21-11-12-23-17-9-4-3-5-10-17;/h3-10,13H,2,11-12,14H2,1H3,(H2,20,21,22);1H. The zero-order valence-electron chi connectivity index (χ0n) is 13.7. The third kappa shape index (κ3) is 7.63. The van der Waals surface area contributed by atoms with Crippen molar-refractivity contribution in [1.29, 1.82) is 0 Å². The molecule has 0 unspecified atom stereocenters. The van der Waals surface area contributed by atoms with Crippen molar-refractivity contribution in [2.75, 3.05) is 19.7 Å². The molecule has 0 aliphatic carbocycles. The highest BCUT2D eigenvalue weighted by molar-refractivity contribution is 14.0.